The van der Waals surface area contributed by atoms with Crippen LogP contribution in [0, 0.1) is 5.82 Å². The van der Waals surface area contributed by atoms with Crippen LogP contribution in [-0.2, 0) is 26.2 Å². The van der Waals surface area contributed by atoms with Gasteiger partial charge in [0, 0.05) is 12.6 Å². The molecule has 8 nitrogen and oxygen atoms in total. The minimum absolute atomic E-state index is 0.0169. The number of ether oxygens (including phenoxy) is 1. The van der Waals surface area contributed by atoms with E-state index in [4.69, 9.17) is 4.74 Å². The van der Waals surface area contributed by atoms with Gasteiger partial charge in [-0.2, -0.15) is 0 Å². The monoisotopic (exact) mass is 541 g/mol. The van der Waals surface area contributed by atoms with E-state index in [0.29, 0.717) is 11.3 Å². The van der Waals surface area contributed by atoms with Gasteiger partial charge >= 0.3 is 0 Å². The third-order valence-electron chi connectivity index (χ3n) is 5.83. The number of hydrogen-bond donors (Lipinski definition) is 1. The largest absolute Gasteiger partial charge is 0.497 e. The second kappa shape index (κ2) is 12.6. The first-order chi connectivity index (χ1) is 18.0. The van der Waals surface area contributed by atoms with Crippen molar-refractivity contribution in [1.82, 2.24) is 10.2 Å². The van der Waals surface area contributed by atoms with Gasteiger partial charge < -0.3 is 15.0 Å². The van der Waals surface area contributed by atoms with E-state index in [1.807, 2.05) is 0 Å². The molecule has 0 fully saturated rings. The Morgan fingerprint density at radius 3 is 2.08 bits per heavy atom. The second-order valence-electron chi connectivity index (χ2n) is 9.01. The van der Waals surface area contributed by atoms with Gasteiger partial charge in [0.2, 0.25) is 11.8 Å². The smallest absolute Gasteiger partial charge is 0.264 e. The van der Waals surface area contributed by atoms with E-state index in [9.17, 15) is 22.4 Å². The van der Waals surface area contributed by atoms with Gasteiger partial charge in [0.15, 0.2) is 0 Å². The van der Waals surface area contributed by atoms with Crippen molar-refractivity contribution in [3.63, 3.8) is 0 Å². The number of hydrogen-bond acceptors (Lipinski definition) is 5. The number of rotatable bonds is 11. The maximum Gasteiger partial charge on any atom is 0.264 e. The van der Waals surface area contributed by atoms with Gasteiger partial charge in [0.25, 0.3) is 10.0 Å². The number of nitrogens with one attached hydrogen (secondary N) is 1. The van der Waals surface area contributed by atoms with Crippen LogP contribution >= 0.6 is 0 Å². The maximum atomic E-state index is 13.8. The number of sulfonamides is 1. The topological polar surface area (TPSA) is 96.0 Å². The fourth-order valence-electron chi connectivity index (χ4n) is 3.77. The zero-order valence-electron chi connectivity index (χ0n) is 21.8. The lowest BCUT2D eigenvalue weighted by Crippen LogP contribution is -2.52. The van der Waals surface area contributed by atoms with Crippen LogP contribution in [0.3, 0.4) is 0 Å². The molecule has 38 heavy (non-hydrogen) atoms. The molecular formula is C28H32FN3O5S. The molecule has 10 heteroatoms. The molecule has 0 saturated carbocycles. The highest BCUT2D eigenvalue weighted by Gasteiger charge is 2.32. The Kier molecular flexibility index (Phi) is 9.46. The van der Waals surface area contributed by atoms with E-state index in [1.54, 1.807) is 51.1 Å². The summed E-state index contributed by atoms with van der Waals surface area (Å²) in [5, 5.41) is 2.79. The third-order valence-corrected chi connectivity index (χ3v) is 7.62. The van der Waals surface area contributed by atoms with Crippen molar-refractivity contribution >= 4 is 27.5 Å². The Labute approximate surface area is 223 Å². The summed E-state index contributed by atoms with van der Waals surface area (Å²) < 4.78 is 47.1. The molecule has 1 atom stereocenters. The first-order valence-corrected chi connectivity index (χ1v) is 13.5. The van der Waals surface area contributed by atoms with E-state index in [0.717, 1.165) is 4.31 Å². The van der Waals surface area contributed by atoms with E-state index in [1.165, 1.54) is 60.5 Å². The Morgan fingerprint density at radius 1 is 0.921 bits per heavy atom. The molecule has 0 aliphatic rings. The summed E-state index contributed by atoms with van der Waals surface area (Å²) in [6.07, 6.45) is 0. The van der Waals surface area contributed by atoms with Crippen LogP contribution in [0.5, 0.6) is 5.75 Å². The minimum Gasteiger partial charge on any atom is -0.497 e. The Hall–Kier alpha value is -3.92. The van der Waals surface area contributed by atoms with Crippen molar-refractivity contribution in [2.45, 2.75) is 44.3 Å². The molecule has 0 bridgehead atoms. The van der Waals surface area contributed by atoms with Crippen LogP contribution in [0.2, 0.25) is 0 Å². The molecule has 202 valence electrons. The highest BCUT2D eigenvalue weighted by molar-refractivity contribution is 7.92. The molecule has 0 unspecified atom stereocenters. The van der Waals surface area contributed by atoms with Crippen LogP contribution in [-0.4, -0.2) is 50.9 Å². The molecule has 1 N–H and O–H groups in total. The average molecular weight is 542 g/mol. The molecule has 0 heterocycles. The van der Waals surface area contributed by atoms with Crippen LogP contribution in [0.15, 0.2) is 83.8 Å². The SMILES string of the molecule is COc1ccc(S(=O)(=O)N(CC(=O)N(Cc2ccc(F)cc2)[C@@H](C)C(=O)NC(C)C)c2ccccc2)cc1. The first kappa shape index (κ1) is 28.6. The first-order valence-electron chi connectivity index (χ1n) is 12.1. The van der Waals surface area contributed by atoms with Gasteiger partial charge in [-0.05, 0) is 74.9 Å². The summed E-state index contributed by atoms with van der Waals surface area (Å²) in [5.74, 6) is -0.929. The Bertz CT molecular complexity index is 1330. The lowest BCUT2D eigenvalue weighted by Gasteiger charge is -2.32. The van der Waals surface area contributed by atoms with Gasteiger partial charge in [-0.1, -0.05) is 30.3 Å². The quantitative estimate of drug-likeness (QED) is 0.396. The molecule has 2 amide bonds. The summed E-state index contributed by atoms with van der Waals surface area (Å²) in [6, 6.07) is 18.6. The van der Waals surface area contributed by atoms with Crippen molar-refractivity contribution in [2.24, 2.45) is 0 Å². The number of carbonyl (C=O) groups excluding carboxylic acids is 2. The third kappa shape index (κ3) is 7.10. The van der Waals surface area contributed by atoms with Gasteiger partial charge in [0.05, 0.1) is 17.7 Å². The number of nitrogens with zero attached hydrogens (tertiary/aromatic N) is 2. The molecule has 0 radical (unpaired) electrons. The Balaban J connectivity index is 1.99. The molecule has 0 saturated heterocycles. The zero-order valence-corrected chi connectivity index (χ0v) is 22.6. The number of anilines is 1. The summed E-state index contributed by atoms with van der Waals surface area (Å²) in [4.78, 5) is 27.9. The number of para-hydroxylation sites is 1. The van der Waals surface area contributed by atoms with Crippen molar-refractivity contribution in [3.05, 3.63) is 90.2 Å². The minimum atomic E-state index is -4.17. The normalized spacial score (nSPS) is 12.1. The van der Waals surface area contributed by atoms with Gasteiger partial charge in [-0.3, -0.25) is 13.9 Å². The van der Waals surface area contributed by atoms with Crippen molar-refractivity contribution in [3.8, 4) is 5.75 Å². The van der Waals surface area contributed by atoms with Crippen LogP contribution < -0.4 is 14.4 Å². The van der Waals surface area contributed by atoms with E-state index < -0.39 is 34.3 Å². The number of carbonyl (C=O) groups is 2. The lowest BCUT2D eigenvalue weighted by molar-refractivity contribution is -0.139. The fourth-order valence-corrected chi connectivity index (χ4v) is 5.19. The van der Waals surface area contributed by atoms with Crippen molar-refractivity contribution in [2.75, 3.05) is 18.0 Å². The fraction of sp³-hybridized carbons (Fsp3) is 0.286. The van der Waals surface area contributed by atoms with Crippen molar-refractivity contribution < 1.29 is 27.1 Å². The number of benzene rings is 3. The highest BCUT2D eigenvalue weighted by atomic mass is 32.2. The average Bonchev–Trinajstić information content (AvgIpc) is 2.90. The van der Waals surface area contributed by atoms with E-state index in [-0.39, 0.29) is 29.1 Å². The summed E-state index contributed by atoms with van der Waals surface area (Å²) in [5.41, 5.74) is 0.880. The predicted octanol–water partition coefficient (Wildman–Crippen LogP) is 3.97. The lowest BCUT2D eigenvalue weighted by atomic mass is 10.1. The maximum absolute atomic E-state index is 13.8. The number of halogens is 1. The molecule has 3 rings (SSSR count). The second-order valence-corrected chi connectivity index (χ2v) is 10.9. The van der Waals surface area contributed by atoms with Gasteiger partial charge in [0.1, 0.15) is 24.2 Å². The number of methoxy groups -OCH3 is 1. The molecule has 3 aromatic carbocycles. The summed E-state index contributed by atoms with van der Waals surface area (Å²) >= 11 is 0. The van der Waals surface area contributed by atoms with E-state index in [2.05, 4.69) is 5.32 Å². The molecule has 0 aliphatic heterocycles. The number of amides is 2. The van der Waals surface area contributed by atoms with Crippen molar-refractivity contribution in [1.29, 1.82) is 0 Å². The standard InChI is InChI=1S/C28H32FN3O5S/c1-20(2)30-28(34)21(3)31(18-22-10-12-23(29)13-11-22)27(33)19-32(24-8-6-5-7-9-24)38(35,36)26-16-14-25(37-4)15-17-26/h5-17,20-21H,18-19H2,1-4H3,(H,30,34)/t21-/m0/s1. The summed E-state index contributed by atoms with van der Waals surface area (Å²) in [7, 11) is -2.69. The molecular weight excluding hydrogens is 509 g/mol. The van der Waals surface area contributed by atoms with E-state index >= 15 is 0 Å². The van der Waals surface area contributed by atoms with Crippen LogP contribution in [0.1, 0.15) is 26.3 Å². The molecule has 3 aromatic rings. The molecule has 0 aliphatic carbocycles. The molecule has 0 aromatic heterocycles. The highest BCUT2D eigenvalue weighted by Crippen LogP contribution is 2.25. The van der Waals surface area contributed by atoms with Gasteiger partial charge in [-0.25, -0.2) is 12.8 Å². The van der Waals surface area contributed by atoms with Crippen LogP contribution in [0.25, 0.3) is 0 Å². The van der Waals surface area contributed by atoms with Crippen LogP contribution in [0.4, 0.5) is 10.1 Å². The van der Waals surface area contributed by atoms with Gasteiger partial charge in [-0.15, -0.1) is 0 Å². The Morgan fingerprint density at radius 2 is 1.53 bits per heavy atom. The zero-order chi connectivity index (χ0) is 27.9. The predicted molar refractivity (Wildman–Crippen MR) is 144 cm³/mol. The summed E-state index contributed by atoms with van der Waals surface area (Å²) in [6.45, 7) is 4.60. The molecule has 0 spiro atoms.